The van der Waals surface area contributed by atoms with Gasteiger partial charge in [0.1, 0.15) is 18.0 Å². The summed E-state index contributed by atoms with van der Waals surface area (Å²) in [6.07, 6.45) is 0.471. The third-order valence-electron chi connectivity index (χ3n) is 6.05. The molecule has 168 valence electrons. The zero-order chi connectivity index (χ0) is 23.2. The smallest absolute Gasteiger partial charge is 0.385 e. The zero-order valence-electron chi connectivity index (χ0n) is 17.4. The van der Waals surface area contributed by atoms with Crippen LogP contribution in [0.3, 0.4) is 0 Å². The Hall–Kier alpha value is -3.71. The number of aliphatic hydroxyl groups is 1. The number of pyridine rings is 1. The van der Waals surface area contributed by atoms with E-state index in [1.54, 1.807) is 12.3 Å². The molecule has 0 radical (unpaired) electrons. The molecule has 0 amide bonds. The quantitative estimate of drug-likeness (QED) is 0.558. The molecule has 0 saturated heterocycles. The van der Waals surface area contributed by atoms with Crippen LogP contribution in [0.1, 0.15) is 35.2 Å². The predicted molar refractivity (Wildman–Crippen MR) is 115 cm³/mol. The van der Waals surface area contributed by atoms with Crippen LogP contribution in [0.15, 0.2) is 42.9 Å². The van der Waals surface area contributed by atoms with Crippen LogP contribution in [-0.2, 0) is 24.7 Å². The van der Waals surface area contributed by atoms with Gasteiger partial charge in [0.15, 0.2) is 5.69 Å². The van der Waals surface area contributed by atoms with E-state index in [1.807, 2.05) is 11.0 Å². The fourth-order valence-electron chi connectivity index (χ4n) is 4.00. The highest BCUT2D eigenvalue weighted by molar-refractivity contribution is 5.64. The van der Waals surface area contributed by atoms with Crippen LogP contribution < -0.4 is 10.2 Å². The minimum absolute atomic E-state index is 0.320. The van der Waals surface area contributed by atoms with E-state index < -0.39 is 23.0 Å². The van der Waals surface area contributed by atoms with Crippen LogP contribution in [0.4, 0.5) is 36.2 Å². The van der Waals surface area contributed by atoms with Gasteiger partial charge in [-0.25, -0.2) is 19.8 Å². The molecule has 7 nitrogen and oxygen atoms in total. The van der Waals surface area contributed by atoms with Crippen molar-refractivity contribution in [2.24, 2.45) is 0 Å². The first kappa shape index (κ1) is 21.2. The number of aromatic nitrogens is 3. The molecule has 0 unspecified atom stereocenters. The number of benzene rings is 1. The van der Waals surface area contributed by atoms with E-state index in [0.29, 0.717) is 42.5 Å². The molecule has 0 atom stereocenters. The van der Waals surface area contributed by atoms with Crippen LogP contribution >= 0.6 is 0 Å². The van der Waals surface area contributed by atoms with E-state index in [0.717, 1.165) is 30.0 Å². The average Bonchev–Trinajstić information content (AvgIpc) is 3.57. The number of nitrogens with one attached hydrogen (secondary N) is 1. The number of hydrogen-bond donors (Lipinski definition) is 2. The van der Waals surface area contributed by atoms with Gasteiger partial charge < -0.3 is 15.3 Å². The molecular weight excluding hydrogens is 433 g/mol. The highest BCUT2D eigenvalue weighted by Crippen LogP contribution is 2.45. The molecule has 2 aliphatic rings. The Labute approximate surface area is 187 Å². The Morgan fingerprint density at radius 2 is 1.94 bits per heavy atom. The molecule has 0 bridgehead atoms. The van der Waals surface area contributed by atoms with Crippen LogP contribution in [0.5, 0.6) is 0 Å². The maximum atomic E-state index is 13.4. The normalized spacial score (nSPS) is 16.6. The number of fused-ring (bicyclic) bond motifs is 1. The molecule has 1 aromatic carbocycles. The van der Waals surface area contributed by atoms with E-state index in [2.05, 4.69) is 25.1 Å². The summed E-state index contributed by atoms with van der Waals surface area (Å²) in [5.41, 5.74) is 0.683. The molecule has 1 fully saturated rings. The fourth-order valence-corrected chi connectivity index (χ4v) is 4.00. The molecule has 1 saturated carbocycles. The van der Waals surface area contributed by atoms with Gasteiger partial charge in [0, 0.05) is 29.6 Å². The van der Waals surface area contributed by atoms with Crippen LogP contribution in [0, 0.1) is 6.57 Å². The first-order valence-corrected chi connectivity index (χ1v) is 10.4. The number of nitrogens with zero attached hydrogens (tertiary/aromatic N) is 5. The summed E-state index contributed by atoms with van der Waals surface area (Å²) in [5.74, 6) is 1.18. The second-order valence-electron chi connectivity index (χ2n) is 8.22. The Bertz CT molecular complexity index is 1250. The predicted octanol–water partition coefficient (Wildman–Crippen LogP) is 4.73. The second-order valence-corrected chi connectivity index (χ2v) is 8.22. The topological polar surface area (TPSA) is 78.5 Å². The lowest BCUT2D eigenvalue weighted by molar-refractivity contribution is -0.136. The van der Waals surface area contributed by atoms with Gasteiger partial charge in [-0.15, -0.1) is 0 Å². The van der Waals surface area contributed by atoms with Gasteiger partial charge in [0.25, 0.3) is 0 Å². The van der Waals surface area contributed by atoms with Crippen LogP contribution in [0.25, 0.3) is 4.85 Å². The van der Waals surface area contributed by atoms with Gasteiger partial charge in [0.05, 0.1) is 30.0 Å². The second kappa shape index (κ2) is 7.71. The van der Waals surface area contributed by atoms with Crippen molar-refractivity contribution in [3.63, 3.8) is 0 Å². The Morgan fingerprint density at radius 1 is 1.12 bits per heavy atom. The first-order valence-electron chi connectivity index (χ1n) is 10.4. The average molecular weight is 452 g/mol. The number of alkyl halides is 3. The molecule has 1 aliphatic carbocycles. The van der Waals surface area contributed by atoms with Gasteiger partial charge in [0.2, 0.25) is 0 Å². The summed E-state index contributed by atoms with van der Waals surface area (Å²) in [4.78, 5) is 17.8. The zero-order valence-corrected chi connectivity index (χ0v) is 17.4. The number of anilines is 3. The molecule has 3 heterocycles. The maximum Gasteiger partial charge on any atom is 0.407 e. The highest BCUT2D eigenvalue weighted by Gasteiger charge is 2.42. The summed E-state index contributed by atoms with van der Waals surface area (Å²) < 4.78 is 40.1. The maximum absolute atomic E-state index is 13.4. The van der Waals surface area contributed by atoms with Gasteiger partial charge in [-0.1, -0.05) is 12.1 Å². The molecule has 2 N–H and O–H groups in total. The van der Waals surface area contributed by atoms with Gasteiger partial charge in [-0.05, 0) is 37.5 Å². The van der Waals surface area contributed by atoms with Gasteiger partial charge in [-0.2, -0.15) is 13.2 Å². The lowest BCUT2D eigenvalue weighted by atomic mass is 10.0. The largest absolute Gasteiger partial charge is 0.407 e. The number of hydrogen-bond acceptors (Lipinski definition) is 6. The van der Waals surface area contributed by atoms with Crippen molar-refractivity contribution in [2.75, 3.05) is 16.8 Å². The van der Waals surface area contributed by atoms with Crippen molar-refractivity contribution in [2.45, 2.75) is 37.6 Å². The lowest BCUT2D eigenvalue weighted by Crippen LogP contribution is -2.32. The molecule has 5 rings (SSSR count). The molecule has 0 spiro atoms. The fraction of sp³-hybridized carbons (Fsp3) is 0.304. The van der Waals surface area contributed by atoms with Crippen molar-refractivity contribution in [3.8, 4) is 0 Å². The first-order chi connectivity index (χ1) is 15.8. The summed E-state index contributed by atoms with van der Waals surface area (Å²) in [7, 11) is 0. The molecule has 3 aromatic rings. The highest BCUT2D eigenvalue weighted by atomic mass is 19.4. The van der Waals surface area contributed by atoms with Crippen LogP contribution in [-0.4, -0.2) is 26.6 Å². The monoisotopic (exact) mass is 452 g/mol. The SMILES string of the molecule is [C-]#[N+]c1ccc(N2CCc3c(ncnc3Nc3ccc(C4(O)CC4)cn3)C2)cc1C(F)(F)F. The molecule has 10 heteroatoms. The Morgan fingerprint density at radius 3 is 2.61 bits per heavy atom. The number of halogens is 3. The minimum atomic E-state index is -4.60. The molecular formula is C23H19F3N6O. The lowest BCUT2D eigenvalue weighted by Gasteiger charge is -2.31. The summed E-state index contributed by atoms with van der Waals surface area (Å²) in [6.45, 7) is 7.80. The van der Waals surface area contributed by atoms with Crippen molar-refractivity contribution in [3.05, 3.63) is 76.7 Å². The third kappa shape index (κ3) is 4.07. The summed E-state index contributed by atoms with van der Waals surface area (Å²) in [6, 6.07) is 7.39. The molecule has 1 aliphatic heterocycles. The van der Waals surface area contributed by atoms with Crippen molar-refractivity contribution in [1.82, 2.24) is 15.0 Å². The molecule has 33 heavy (non-hydrogen) atoms. The van der Waals surface area contributed by atoms with Crippen molar-refractivity contribution in [1.29, 1.82) is 0 Å². The van der Waals surface area contributed by atoms with E-state index in [-0.39, 0.29) is 0 Å². The summed E-state index contributed by atoms with van der Waals surface area (Å²) in [5, 5.41) is 13.4. The van der Waals surface area contributed by atoms with Crippen LogP contribution in [0.2, 0.25) is 0 Å². The van der Waals surface area contributed by atoms with E-state index in [4.69, 9.17) is 6.57 Å². The van der Waals surface area contributed by atoms with Crippen molar-refractivity contribution >= 4 is 23.0 Å². The van der Waals surface area contributed by atoms with E-state index in [1.165, 1.54) is 18.5 Å². The van der Waals surface area contributed by atoms with Gasteiger partial charge >= 0.3 is 6.18 Å². The van der Waals surface area contributed by atoms with Crippen molar-refractivity contribution < 1.29 is 18.3 Å². The number of rotatable bonds is 4. The summed E-state index contributed by atoms with van der Waals surface area (Å²) >= 11 is 0. The standard InChI is InChI=1S/C23H19F3N6O/c1-27-18-4-3-15(10-17(18)23(24,25)26)32-9-6-16-19(12-32)29-13-30-21(16)31-20-5-2-14(11-28-20)22(33)7-8-22/h2-5,10-11,13,33H,6-9,12H2,(H,28,29,30,31). The van der Waals surface area contributed by atoms with E-state index in [9.17, 15) is 18.3 Å². The minimum Gasteiger partial charge on any atom is -0.385 e. The van der Waals surface area contributed by atoms with Gasteiger partial charge in [-0.3, -0.25) is 0 Å². The Balaban J connectivity index is 1.37. The third-order valence-corrected chi connectivity index (χ3v) is 6.05. The van der Waals surface area contributed by atoms with E-state index >= 15 is 0 Å². The Kier molecular flexibility index (Phi) is 4.94. The molecule has 2 aromatic heterocycles.